The van der Waals surface area contributed by atoms with E-state index in [1.165, 1.54) is 70.9 Å². The monoisotopic (exact) mass is 727 g/mol. The smallest absolute Gasteiger partial charge is 0.270 e. The van der Waals surface area contributed by atoms with Crippen molar-refractivity contribution in [2.75, 3.05) is 11.5 Å². The summed E-state index contributed by atoms with van der Waals surface area (Å²) in [5.74, 6) is -0.0758. The van der Waals surface area contributed by atoms with Crippen LogP contribution >= 0.6 is 7.26 Å². The van der Waals surface area contributed by atoms with E-state index in [9.17, 15) is 14.4 Å². The van der Waals surface area contributed by atoms with Crippen LogP contribution in [0.15, 0.2) is 101 Å². The second-order valence-electron chi connectivity index (χ2n) is 12.8. The highest BCUT2D eigenvalue weighted by molar-refractivity contribution is 7.95. The summed E-state index contributed by atoms with van der Waals surface area (Å²) in [7, 11) is -1.81. The second kappa shape index (κ2) is 17.6. The summed E-state index contributed by atoms with van der Waals surface area (Å²) in [6.45, 7) is 6.49. The minimum atomic E-state index is -1.81. The summed E-state index contributed by atoms with van der Waals surface area (Å²) in [4.78, 5) is 36.4. The number of benzene rings is 4. The number of aromatic amines is 2. The SMILES string of the molecule is Cc1ccc([P+](CCCCCCCCCCC(=O)Nc2ccc3c(=O)[nH][nH]c(=O)c3c2)(c2ccc(C)cc2)c2ccc(C)cc2)cc1.[Br-]. The highest BCUT2D eigenvalue weighted by atomic mass is 79.9. The Morgan fingerprint density at radius 3 is 1.46 bits per heavy atom. The lowest BCUT2D eigenvalue weighted by Crippen LogP contribution is -3.00. The predicted molar refractivity (Wildman–Crippen MR) is 200 cm³/mol. The third kappa shape index (κ3) is 9.21. The molecule has 0 atom stereocenters. The van der Waals surface area contributed by atoms with Gasteiger partial charge in [0.25, 0.3) is 11.1 Å². The van der Waals surface area contributed by atoms with Crippen LogP contribution in [0.25, 0.3) is 10.8 Å². The molecule has 5 rings (SSSR count). The van der Waals surface area contributed by atoms with Crippen LogP contribution in [-0.4, -0.2) is 22.3 Å². The summed E-state index contributed by atoms with van der Waals surface area (Å²) in [5.41, 5.74) is 3.65. The molecule has 0 aliphatic heterocycles. The van der Waals surface area contributed by atoms with E-state index in [1.807, 2.05) is 0 Å². The molecule has 0 aliphatic rings. The van der Waals surface area contributed by atoms with Gasteiger partial charge in [0.2, 0.25) is 5.91 Å². The lowest BCUT2D eigenvalue weighted by molar-refractivity contribution is -0.116. The van der Waals surface area contributed by atoms with Gasteiger partial charge in [0.1, 0.15) is 23.2 Å². The maximum Gasteiger partial charge on any atom is 0.270 e. The van der Waals surface area contributed by atoms with E-state index in [2.05, 4.69) is 109 Å². The number of anilines is 1. The zero-order valence-corrected chi connectivity index (χ0v) is 30.8. The zero-order valence-electron chi connectivity index (χ0n) is 28.3. The Bertz CT molecular complexity index is 1790. The van der Waals surface area contributed by atoms with Crippen molar-refractivity contribution in [2.24, 2.45) is 0 Å². The van der Waals surface area contributed by atoms with Gasteiger partial charge >= 0.3 is 0 Å². The summed E-state index contributed by atoms with van der Waals surface area (Å²) < 4.78 is 0. The Hall–Kier alpha value is -3.80. The molecule has 4 aromatic carbocycles. The molecule has 0 unspecified atom stereocenters. The minimum Gasteiger partial charge on any atom is -1.00 e. The van der Waals surface area contributed by atoms with E-state index < -0.39 is 7.26 Å². The lowest BCUT2D eigenvalue weighted by Gasteiger charge is -2.28. The zero-order chi connectivity index (χ0) is 33.2. The number of aromatic nitrogens is 2. The molecule has 3 N–H and O–H groups in total. The summed E-state index contributed by atoms with van der Waals surface area (Å²) in [6.07, 6.45) is 10.6. The van der Waals surface area contributed by atoms with E-state index in [0.29, 0.717) is 17.5 Å². The first kappa shape index (κ1) is 37.0. The third-order valence-electron chi connectivity index (χ3n) is 9.15. The molecule has 1 aromatic heterocycles. The van der Waals surface area contributed by atoms with Crippen molar-refractivity contribution in [1.29, 1.82) is 0 Å². The van der Waals surface area contributed by atoms with Crippen molar-refractivity contribution >= 4 is 45.5 Å². The molecular formula is C40H47BrN3O3P. The highest BCUT2D eigenvalue weighted by Gasteiger charge is 2.44. The number of carbonyl (C=O) groups is 1. The highest BCUT2D eigenvalue weighted by Crippen LogP contribution is 2.56. The molecule has 0 spiro atoms. The van der Waals surface area contributed by atoms with Crippen LogP contribution in [0.2, 0.25) is 0 Å². The van der Waals surface area contributed by atoms with Crippen LogP contribution in [0.4, 0.5) is 5.69 Å². The van der Waals surface area contributed by atoms with Crippen molar-refractivity contribution in [3.63, 3.8) is 0 Å². The summed E-state index contributed by atoms with van der Waals surface area (Å²) in [6, 6.07) is 32.6. The molecule has 5 aromatic rings. The number of hydrogen-bond acceptors (Lipinski definition) is 3. The second-order valence-corrected chi connectivity index (χ2v) is 16.5. The van der Waals surface area contributed by atoms with Crippen molar-refractivity contribution in [2.45, 2.75) is 78.6 Å². The number of H-pyrrole nitrogens is 2. The number of aryl methyl sites for hydroxylation is 3. The molecular weight excluding hydrogens is 681 g/mol. The fraction of sp³-hybridized carbons (Fsp3) is 0.325. The van der Waals surface area contributed by atoms with Crippen LogP contribution in [0, 0.1) is 20.8 Å². The molecule has 1 heterocycles. The molecule has 0 fully saturated rings. The average molecular weight is 729 g/mol. The van der Waals surface area contributed by atoms with Crippen molar-refractivity contribution in [1.82, 2.24) is 10.2 Å². The summed E-state index contributed by atoms with van der Waals surface area (Å²) in [5, 5.41) is 12.4. The van der Waals surface area contributed by atoms with E-state index in [0.717, 1.165) is 19.3 Å². The molecule has 0 saturated carbocycles. The van der Waals surface area contributed by atoms with Gasteiger partial charge in [0.05, 0.1) is 16.9 Å². The summed E-state index contributed by atoms with van der Waals surface area (Å²) >= 11 is 0. The van der Waals surface area contributed by atoms with Gasteiger partial charge < -0.3 is 22.3 Å². The maximum absolute atomic E-state index is 12.5. The predicted octanol–water partition coefficient (Wildman–Crippen LogP) is 4.59. The molecule has 48 heavy (non-hydrogen) atoms. The first-order valence-corrected chi connectivity index (χ1v) is 18.9. The largest absolute Gasteiger partial charge is 1.00 e. The average Bonchev–Trinajstić information content (AvgIpc) is 3.07. The molecule has 1 amide bonds. The molecule has 0 aliphatic carbocycles. The molecule has 0 saturated heterocycles. The Labute approximate surface area is 294 Å². The quantitative estimate of drug-likeness (QED) is 0.109. The first-order chi connectivity index (χ1) is 22.8. The number of halogens is 1. The Morgan fingerprint density at radius 2 is 0.979 bits per heavy atom. The van der Waals surface area contributed by atoms with Crippen LogP contribution in [0.5, 0.6) is 0 Å². The number of amides is 1. The first-order valence-electron chi connectivity index (χ1n) is 16.9. The van der Waals surface area contributed by atoms with Gasteiger partial charge in [0.15, 0.2) is 0 Å². The molecule has 0 bridgehead atoms. The number of hydrogen-bond donors (Lipinski definition) is 3. The minimum absolute atomic E-state index is 0. The van der Waals surface area contributed by atoms with E-state index in [1.54, 1.807) is 18.2 Å². The van der Waals surface area contributed by atoms with Gasteiger partial charge in [-0.25, -0.2) is 0 Å². The fourth-order valence-corrected chi connectivity index (χ4v) is 10.7. The van der Waals surface area contributed by atoms with Gasteiger partial charge in [0, 0.05) is 12.1 Å². The normalized spacial score (nSPS) is 11.3. The Balaban J connectivity index is 0.00000520. The third-order valence-corrected chi connectivity index (χ3v) is 13.7. The van der Waals surface area contributed by atoms with Gasteiger partial charge in [-0.1, -0.05) is 85.2 Å². The van der Waals surface area contributed by atoms with Crippen LogP contribution in [0.1, 0.15) is 74.5 Å². The van der Waals surface area contributed by atoms with E-state index in [-0.39, 0.29) is 39.4 Å². The van der Waals surface area contributed by atoms with E-state index in [4.69, 9.17) is 0 Å². The van der Waals surface area contributed by atoms with Gasteiger partial charge in [-0.05, 0) is 94.6 Å². The number of carbonyl (C=O) groups excluding carboxylic acids is 1. The van der Waals surface area contributed by atoms with Crippen LogP contribution in [0.3, 0.4) is 0 Å². The Morgan fingerprint density at radius 1 is 0.562 bits per heavy atom. The lowest BCUT2D eigenvalue weighted by atomic mass is 10.1. The van der Waals surface area contributed by atoms with Crippen molar-refractivity contribution in [3.05, 3.63) is 128 Å². The van der Waals surface area contributed by atoms with Gasteiger partial charge in [-0.3, -0.25) is 24.6 Å². The number of unbranched alkanes of at least 4 members (excludes halogenated alkanes) is 7. The van der Waals surface area contributed by atoms with Crippen molar-refractivity contribution in [3.8, 4) is 0 Å². The van der Waals surface area contributed by atoms with Crippen molar-refractivity contribution < 1.29 is 21.8 Å². The molecule has 0 radical (unpaired) electrons. The molecule has 8 heteroatoms. The van der Waals surface area contributed by atoms with Crippen LogP contribution < -0.4 is 49.3 Å². The number of nitrogens with one attached hydrogen (secondary N) is 3. The fourth-order valence-electron chi connectivity index (χ4n) is 6.41. The topological polar surface area (TPSA) is 94.8 Å². The van der Waals surface area contributed by atoms with Crippen LogP contribution in [-0.2, 0) is 4.79 Å². The Kier molecular flexibility index (Phi) is 13.5. The molecule has 6 nitrogen and oxygen atoms in total. The standard InChI is InChI=1S/C40H46N3O3P.BrH/c1-29-13-20-33(21-14-29)47(34-22-15-30(2)16-23-34,35-24-17-31(3)18-25-35)27-11-9-7-5-4-6-8-10-12-38(44)41-32-19-26-36-37(28-32)40(46)43-42-39(36)45;/h13-26,28H,4-12,27H2,1-3H3,(H2-,41,42,43,44,45,46);1H. The van der Waals surface area contributed by atoms with Gasteiger partial charge in [-0.15, -0.1) is 0 Å². The number of rotatable bonds is 15. The van der Waals surface area contributed by atoms with E-state index >= 15 is 0 Å². The molecule has 252 valence electrons. The number of fused-ring (bicyclic) bond motifs is 1. The maximum atomic E-state index is 12.5. The van der Waals surface area contributed by atoms with Gasteiger partial charge in [-0.2, -0.15) is 0 Å².